The number of carbonyl (C=O) groups excluding carboxylic acids is 1. The minimum absolute atomic E-state index is 0. The first kappa shape index (κ1) is 20.7. The summed E-state index contributed by atoms with van der Waals surface area (Å²) in [4.78, 5) is 16.9. The molecule has 3 rings (SSSR count). The number of hydrogen-bond acceptors (Lipinski definition) is 4. The first-order valence-corrected chi connectivity index (χ1v) is 8.86. The third kappa shape index (κ3) is 4.77. The van der Waals surface area contributed by atoms with Crippen LogP contribution in [0, 0.1) is 20.8 Å². The quantitative estimate of drug-likeness (QED) is 0.634. The van der Waals surface area contributed by atoms with Gasteiger partial charge in [0.15, 0.2) is 0 Å². The van der Waals surface area contributed by atoms with Crippen LogP contribution in [-0.4, -0.2) is 33.8 Å². The second-order valence-electron chi connectivity index (χ2n) is 6.59. The lowest BCUT2D eigenvalue weighted by Crippen LogP contribution is -2.35. The second-order valence-corrected chi connectivity index (χ2v) is 6.59. The zero-order valence-corrected chi connectivity index (χ0v) is 16.9. The van der Waals surface area contributed by atoms with Crippen LogP contribution in [0.5, 0.6) is 0 Å². The van der Waals surface area contributed by atoms with Crippen molar-refractivity contribution in [2.75, 3.05) is 18.4 Å². The number of anilines is 1. The fourth-order valence-corrected chi connectivity index (χ4v) is 3.13. The third-order valence-corrected chi connectivity index (χ3v) is 4.37. The molecule has 6 nitrogen and oxygen atoms in total. The summed E-state index contributed by atoms with van der Waals surface area (Å²) in [5.41, 5.74) is 4.88. The third-order valence-electron chi connectivity index (χ3n) is 4.37. The van der Waals surface area contributed by atoms with Crippen molar-refractivity contribution < 1.29 is 4.79 Å². The molecule has 0 saturated heterocycles. The normalized spacial score (nSPS) is 11.7. The number of benzene rings is 1. The molecule has 0 aliphatic carbocycles. The van der Waals surface area contributed by atoms with Crippen LogP contribution < -0.4 is 10.6 Å². The van der Waals surface area contributed by atoms with Gasteiger partial charge in [-0.2, -0.15) is 5.10 Å². The number of fused-ring (bicyclic) bond motifs is 1. The van der Waals surface area contributed by atoms with Crippen LogP contribution in [0.4, 0.5) is 5.69 Å². The molecule has 144 valence electrons. The SMILES string of the molecule is Cc1cc(NCCNC(=O)C(C)n2nc(C)cc2C)c2ccccc2n1.Cl. The van der Waals surface area contributed by atoms with Crippen LogP contribution in [0.15, 0.2) is 36.4 Å². The molecule has 0 spiro atoms. The molecule has 0 aliphatic heterocycles. The molecule has 0 fully saturated rings. The number of amides is 1. The minimum Gasteiger partial charge on any atom is -0.383 e. The maximum Gasteiger partial charge on any atom is 0.244 e. The maximum absolute atomic E-state index is 12.4. The largest absolute Gasteiger partial charge is 0.383 e. The van der Waals surface area contributed by atoms with E-state index in [1.807, 2.05) is 64.1 Å². The van der Waals surface area contributed by atoms with Crippen LogP contribution in [0.3, 0.4) is 0 Å². The molecule has 1 aromatic carbocycles. The number of nitrogens with one attached hydrogen (secondary N) is 2. The standard InChI is InChI=1S/C20H25N5O.ClH/c1-13-12-19(17-7-5-6-8-18(17)23-13)21-9-10-22-20(26)16(4)25-15(3)11-14(2)24-25;/h5-8,11-12,16H,9-10H2,1-4H3,(H,21,23)(H,22,26);1H. The van der Waals surface area contributed by atoms with E-state index in [0.717, 1.165) is 33.7 Å². The van der Waals surface area contributed by atoms with Crippen LogP contribution in [0.2, 0.25) is 0 Å². The summed E-state index contributed by atoms with van der Waals surface area (Å²) in [6.45, 7) is 8.92. The van der Waals surface area contributed by atoms with Gasteiger partial charge in [-0.25, -0.2) is 0 Å². The molecule has 2 N–H and O–H groups in total. The highest BCUT2D eigenvalue weighted by Crippen LogP contribution is 2.22. The van der Waals surface area contributed by atoms with E-state index >= 15 is 0 Å². The molecular formula is C20H26ClN5O. The summed E-state index contributed by atoms with van der Waals surface area (Å²) < 4.78 is 1.76. The van der Waals surface area contributed by atoms with E-state index in [-0.39, 0.29) is 24.4 Å². The van der Waals surface area contributed by atoms with Crippen molar-refractivity contribution in [3.05, 3.63) is 53.5 Å². The Kier molecular flexibility index (Phi) is 6.80. The fourth-order valence-electron chi connectivity index (χ4n) is 3.13. The summed E-state index contributed by atoms with van der Waals surface area (Å²) in [5.74, 6) is -0.0335. The smallest absolute Gasteiger partial charge is 0.244 e. The van der Waals surface area contributed by atoms with E-state index < -0.39 is 0 Å². The Bertz CT molecular complexity index is 937. The number of pyridine rings is 1. The minimum atomic E-state index is -0.326. The van der Waals surface area contributed by atoms with Gasteiger partial charge in [0.2, 0.25) is 5.91 Å². The topological polar surface area (TPSA) is 71.8 Å². The zero-order chi connectivity index (χ0) is 18.7. The van der Waals surface area contributed by atoms with E-state index in [9.17, 15) is 4.79 Å². The van der Waals surface area contributed by atoms with E-state index in [2.05, 4.69) is 20.7 Å². The summed E-state index contributed by atoms with van der Waals surface area (Å²) in [5, 5.41) is 11.8. The van der Waals surface area contributed by atoms with Crippen molar-refractivity contribution in [1.29, 1.82) is 0 Å². The molecule has 7 heteroatoms. The molecule has 27 heavy (non-hydrogen) atoms. The Morgan fingerprint density at radius 2 is 1.85 bits per heavy atom. The molecule has 1 unspecified atom stereocenters. The lowest BCUT2D eigenvalue weighted by molar-refractivity contribution is -0.124. The second kappa shape index (κ2) is 8.86. The Balaban J connectivity index is 0.00000261. The number of aryl methyl sites for hydroxylation is 3. The number of hydrogen-bond donors (Lipinski definition) is 2. The van der Waals surface area contributed by atoms with Gasteiger partial charge in [-0.1, -0.05) is 18.2 Å². The molecule has 0 saturated carbocycles. The van der Waals surface area contributed by atoms with Crippen molar-refractivity contribution in [3.8, 4) is 0 Å². The summed E-state index contributed by atoms with van der Waals surface area (Å²) in [6, 6.07) is 11.7. The van der Waals surface area contributed by atoms with Crippen LogP contribution in [0.1, 0.15) is 30.0 Å². The van der Waals surface area contributed by atoms with Gasteiger partial charge >= 0.3 is 0 Å². The van der Waals surface area contributed by atoms with E-state index in [4.69, 9.17) is 0 Å². The van der Waals surface area contributed by atoms with Gasteiger partial charge in [-0.05, 0) is 45.9 Å². The van der Waals surface area contributed by atoms with E-state index in [1.165, 1.54) is 0 Å². The van der Waals surface area contributed by atoms with Crippen LogP contribution >= 0.6 is 12.4 Å². The number of nitrogens with zero attached hydrogens (tertiary/aromatic N) is 3. The zero-order valence-electron chi connectivity index (χ0n) is 16.1. The molecule has 3 aromatic rings. The lowest BCUT2D eigenvalue weighted by atomic mass is 10.1. The molecular weight excluding hydrogens is 362 g/mol. The highest BCUT2D eigenvalue weighted by atomic mass is 35.5. The Labute approximate surface area is 165 Å². The van der Waals surface area contributed by atoms with E-state index in [1.54, 1.807) is 4.68 Å². The highest BCUT2D eigenvalue weighted by molar-refractivity contribution is 5.91. The van der Waals surface area contributed by atoms with Gasteiger partial charge in [-0.15, -0.1) is 12.4 Å². The van der Waals surface area contributed by atoms with Gasteiger partial charge in [0.1, 0.15) is 6.04 Å². The first-order chi connectivity index (χ1) is 12.5. The average molecular weight is 388 g/mol. The van der Waals surface area contributed by atoms with Crippen LogP contribution in [0.25, 0.3) is 10.9 Å². The van der Waals surface area contributed by atoms with Crippen molar-refractivity contribution in [3.63, 3.8) is 0 Å². The van der Waals surface area contributed by atoms with Crippen molar-refractivity contribution >= 4 is 34.9 Å². The maximum atomic E-state index is 12.4. The predicted octanol–water partition coefficient (Wildman–Crippen LogP) is 3.57. The molecule has 0 radical (unpaired) electrons. The summed E-state index contributed by atoms with van der Waals surface area (Å²) in [7, 11) is 0. The van der Waals surface area contributed by atoms with Crippen molar-refractivity contribution in [1.82, 2.24) is 20.1 Å². The molecule has 2 heterocycles. The predicted molar refractivity (Wildman–Crippen MR) is 112 cm³/mol. The Morgan fingerprint density at radius 3 is 2.56 bits per heavy atom. The Hall–Kier alpha value is -2.60. The number of para-hydroxylation sites is 1. The van der Waals surface area contributed by atoms with Crippen molar-refractivity contribution in [2.24, 2.45) is 0 Å². The molecule has 2 aromatic heterocycles. The van der Waals surface area contributed by atoms with E-state index in [0.29, 0.717) is 13.1 Å². The van der Waals surface area contributed by atoms with Crippen LogP contribution in [-0.2, 0) is 4.79 Å². The lowest BCUT2D eigenvalue weighted by Gasteiger charge is -2.15. The Morgan fingerprint density at radius 1 is 1.11 bits per heavy atom. The van der Waals surface area contributed by atoms with Gasteiger partial charge in [0, 0.05) is 35.6 Å². The van der Waals surface area contributed by atoms with Gasteiger partial charge in [0.25, 0.3) is 0 Å². The number of carbonyl (C=O) groups is 1. The number of aromatic nitrogens is 3. The highest BCUT2D eigenvalue weighted by Gasteiger charge is 2.17. The summed E-state index contributed by atoms with van der Waals surface area (Å²) in [6.07, 6.45) is 0. The van der Waals surface area contributed by atoms with Gasteiger partial charge < -0.3 is 10.6 Å². The molecule has 0 aliphatic rings. The first-order valence-electron chi connectivity index (χ1n) is 8.86. The average Bonchev–Trinajstić information content (AvgIpc) is 2.95. The number of halogens is 1. The van der Waals surface area contributed by atoms with Crippen molar-refractivity contribution in [2.45, 2.75) is 33.7 Å². The monoisotopic (exact) mass is 387 g/mol. The molecule has 1 atom stereocenters. The molecule has 1 amide bonds. The molecule has 0 bridgehead atoms. The van der Waals surface area contributed by atoms with Gasteiger partial charge in [-0.3, -0.25) is 14.5 Å². The van der Waals surface area contributed by atoms with Gasteiger partial charge in [0.05, 0.1) is 11.2 Å². The number of rotatable bonds is 6. The summed E-state index contributed by atoms with van der Waals surface area (Å²) >= 11 is 0. The fraction of sp³-hybridized carbons (Fsp3) is 0.350.